The minimum absolute atomic E-state index is 0.0533. The fourth-order valence-electron chi connectivity index (χ4n) is 2.71. The summed E-state index contributed by atoms with van der Waals surface area (Å²) in [7, 11) is 1.54. The van der Waals surface area contributed by atoms with Crippen molar-refractivity contribution in [2.24, 2.45) is 5.92 Å². The smallest absolute Gasteiger partial charge is 0.340 e. The van der Waals surface area contributed by atoms with E-state index < -0.39 is 6.10 Å². The van der Waals surface area contributed by atoms with E-state index in [1.165, 1.54) is 6.42 Å². The number of carbonyl (C=O) groups is 1. The molecule has 0 heterocycles. The van der Waals surface area contributed by atoms with Crippen molar-refractivity contribution in [3.63, 3.8) is 0 Å². The molecule has 0 saturated heterocycles. The molecule has 0 aliphatic heterocycles. The van der Waals surface area contributed by atoms with Gasteiger partial charge in [-0.1, -0.05) is 43.7 Å². The molecule has 1 aromatic carbocycles. The lowest BCUT2D eigenvalue weighted by molar-refractivity contribution is -0.163. The number of hydrogen-bond acceptors (Lipinski definition) is 3. The molecule has 1 aliphatic rings. The van der Waals surface area contributed by atoms with E-state index in [9.17, 15) is 4.79 Å². The summed E-state index contributed by atoms with van der Waals surface area (Å²) in [6.07, 6.45) is 3.76. The van der Waals surface area contributed by atoms with E-state index in [0.717, 1.165) is 24.8 Å². The molecule has 19 heavy (non-hydrogen) atoms. The van der Waals surface area contributed by atoms with Gasteiger partial charge in [0, 0.05) is 7.11 Å². The Balaban J connectivity index is 1.97. The lowest BCUT2D eigenvalue weighted by Crippen LogP contribution is -2.28. The second-order valence-corrected chi connectivity index (χ2v) is 5.36. The van der Waals surface area contributed by atoms with Crippen LogP contribution in [0.3, 0.4) is 0 Å². The van der Waals surface area contributed by atoms with Crippen molar-refractivity contribution in [1.82, 2.24) is 0 Å². The maximum absolute atomic E-state index is 12.2. The number of rotatable bonds is 4. The fraction of sp³-hybridized carbons (Fsp3) is 0.562. The molecule has 1 saturated carbocycles. The molecule has 3 nitrogen and oxygen atoms in total. The highest BCUT2D eigenvalue weighted by Gasteiger charge is 2.27. The van der Waals surface area contributed by atoms with E-state index in [2.05, 4.69) is 6.92 Å². The summed E-state index contributed by atoms with van der Waals surface area (Å²) in [6.45, 7) is 2.21. The largest absolute Gasteiger partial charge is 0.460 e. The van der Waals surface area contributed by atoms with Crippen LogP contribution in [0.1, 0.15) is 44.3 Å². The van der Waals surface area contributed by atoms with Gasteiger partial charge in [0.15, 0.2) is 6.10 Å². The lowest BCUT2D eigenvalue weighted by atomic mass is 9.89. The molecule has 104 valence electrons. The van der Waals surface area contributed by atoms with Gasteiger partial charge in [-0.25, -0.2) is 4.79 Å². The molecule has 0 radical (unpaired) electrons. The molecular formula is C16H22O3. The molecule has 0 N–H and O–H groups in total. The molecular weight excluding hydrogens is 240 g/mol. The van der Waals surface area contributed by atoms with Crippen molar-refractivity contribution < 1.29 is 14.3 Å². The van der Waals surface area contributed by atoms with Crippen LogP contribution in [0.4, 0.5) is 0 Å². The number of esters is 1. The van der Waals surface area contributed by atoms with Crippen LogP contribution in [0.15, 0.2) is 30.3 Å². The Hall–Kier alpha value is -1.35. The Morgan fingerprint density at radius 1 is 1.26 bits per heavy atom. The van der Waals surface area contributed by atoms with Gasteiger partial charge in [-0.05, 0) is 30.7 Å². The Kier molecular flexibility index (Phi) is 4.97. The Labute approximate surface area is 114 Å². The fourth-order valence-corrected chi connectivity index (χ4v) is 2.71. The first-order chi connectivity index (χ1) is 9.20. The highest BCUT2D eigenvalue weighted by atomic mass is 16.6. The second kappa shape index (κ2) is 6.71. The van der Waals surface area contributed by atoms with Crippen molar-refractivity contribution in [2.75, 3.05) is 7.11 Å². The lowest BCUT2D eigenvalue weighted by Gasteiger charge is -2.27. The van der Waals surface area contributed by atoms with Crippen molar-refractivity contribution in [3.8, 4) is 0 Å². The maximum atomic E-state index is 12.2. The van der Waals surface area contributed by atoms with Crippen LogP contribution >= 0.6 is 0 Å². The topological polar surface area (TPSA) is 35.5 Å². The van der Waals surface area contributed by atoms with Crippen LogP contribution in [0, 0.1) is 5.92 Å². The highest BCUT2D eigenvalue weighted by Crippen LogP contribution is 2.27. The van der Waals surface area contributed by atoms with E-state index in [1.54, 1.807) is 7.11 Å². The first-order valence-electron chi connectivity index (χ1n) is 6.99. The summed E-state index contributed by atoms with van der Waals surface area (Å²) >= 11 is 0. The van der Waals surface area contributed by atoms with Gasteiger partial charge in [0.25, 0.3) is 0 Å². The highest BCUT2D eigenvalue weighted by molar-refractivity contribution is 5.76. The average molecular weight is 262 g/mol. The van der Waals surface area contributed by atoms with E-state index in [4.69, 9.17) is 9.47 Å². The molecule has 1 aromatic rings. The Bertz CT molecular complexity index is 402. The van der Waals surface area contributed by atoms with Crippen LogP contribution < -0.4 is 0 Å². The monoisotopic (exact) mass is 262 g/mol. The van der Waals surface area contributed by atoms with Gasteiger partial charge in [0.05, 0.1) is 0 Å². The van der Waals surface area contributed by atoms with Crippen molar-refractivity contribution in [3.05, 3.63) is 35.9 Å². The molecule has 3 heteroatoms. The third-order valence-corrected chi connectivity index (χ3v) is 3.72. The molecule has 1 fully saturated rings. The SMILES string of the molecule is COC(C(=O)OC1CCCC(C)C1)c1ccccc1. The quantitative estimate of drug-likeness (QED) is 0.779. The van der Waals surface area contributed by atoms with Crippen LogP contribution in [-0.4, -0.2) is 19.2 Å². The van der Waals surface area contributed by atoms with Crippen LogP contribution in [0.25, 0.3) is 0 Å². The van der Waals surface area contributed by atoms with Gasteiger partial charge >= 0.3 is 5.97 Å². The van der Waals surface area contributed by atoms with Crippen molar-refractivity contribution in [2.45, 2.75) is 44.8 Å². The number of methoxy groups -OCH3 is 1. The normalized spacial score (nSPS) is 24.7. The summed E-state index contributed by atoms with van der Waals surface area (Å²) in [4.78, 5) is 12.2. The average Bonchev–Trinajstić information content (AvgIpc) is 2.41. The van der Waals surface area contributed by atoms with E-state index in [0.29, 0.717) is 5.92 Å². The van der Waals surface area contributed by atoms with E-state index >= 15 is 0 Å². The van der Waals surface area contributed by atoms with Crippen LogP contribution in [0.2, 0.25) is 0 Å². The Morgan fingerprint density at radius 2 is 2.00 bits per heavy atom. The van der Waals surface area contributed by atoms with E-state index in [1.807, 2.05) is 30.3 Å². The summed E-state index contributed by atoms with van der Waals surface area (Å²) in [5.41, 5.74) is 0.846. The second-order valence-electron chi connectivity index (χ2n) is 5.36. The molecule has 3 atom stereocenters. The molecule has 0 bridgehead atoms. The zero-order valence-corrected chi connectivity index (χ0v) is 11.7. The zero-order chi connectivity index (χ0) is 13.7. The Morgan fingerprint density at radius 3 is 2.63 bits per heavy atom. The molecule has 0 aromatic heterocycles. The summed E-state index contributed by atoms with van der Waals surface area (Å²) in [6, 6.07) is 9.50. The third kappa shape index (κ3) is 3.80. The van der Waals surface area contributed by atoms with Crippen molar-refractivity contribution in [1.29, 1.82) is 0 Å². The van der Waals surface area contributed by atoms with Crippen molar-refractivity contribution >= 4 is 5.97 Å². The minimum atomic E-state index is -0.613. The number of ether oxygens (including phenoxy) is 2. The molecule has 3 unspecified atom stereocenters. The van der Waals surface area contributed by atoms with E-state index in [-0.39, 0.29) is 12.1 Å². The van der Waals surface area contributed by atoms with Gasteiger partial charge in [0.1, 0.15) is 6.10 Å². The zero-order valence-electron chi connectivity index (χ0n) is 11.7. The van der Waals surface area contributed by atoms with Crippen LogP contribution in [-0.2, 0) is 14.3 Å². The number of carbonyl (C=O) groups excluding carboxylic acids is 1. The van der Waals surface area contributed by atoms with Gasteiger partial charge in [-0.15, -0.1) is 0 Å². The standard InChI is InChI=1S/C16H22O3/c1-12-7-6-10-14(11-12)19-16(17)15(18-2)13-8-4-3-5-9-13/h3-5,8-9,12,14-15H,6-7,10-11H2,1-2H3. The minimum Gasteiger partial charge on any atom is -0.460 e. The molecule has 0 spiro atoms. The molecule has 0 amide bonds. The van der Waals surface area contributed by atoms with Gasteiger partial charge < -0.3 is 9.47 Å². The number of hydrogen-bond donors (Lipinski definition) is 0. The summed E-state index contributed by atoms with van der Waals surface area (Å²) < 4.78 is 10.9. The van der Waals surface area contributed by atoms with Gasteiger partial charge in [-0.2, -0.15) is 0 Å². The first-order valence-corrected chi connectivity index (χ1v) is 6.99. The summed E-state index contributed by atoms with van der Waals surface area (Å²) in [5.74, 6) is 0.372. The van der Waals surface area contributed by atoms with Crippen LogP contribution in [0.5, 0.6) is 0 Å². The van der Waals surface area contributed by atoms with Gasteiger partial charge in [0.2, 0.25) is 0 Å². The predicted molar refractivity (Wildman–Crippen MR) is 73.7 cm³/mol. The molecule has 1 aliphatic carbocycles. The maximum Gasteiger partial charge on any atom is 0.340 e. The predicted octanol–water partition coefficient (Wildman–Crippen LogP) is 3.50. The summed E-state index contributed by atoms with van der Waals surface area (Å²) in [5, 5.41) is 0. The molecule has 2 rings (SSSR count). The van der Waals surface area contributed by atoms with Gasteiger partial charge in [-0.3, -0.25) is 0 Å². The number of benzene rings is 1. The third-order valence-electron chi connectivity index (χ3n) is 3.72. The first kappa shape index (κ1) is 14.1.